The van der Waals surface area contributed by atoms with Crippen molar-refractivity contribution in [3.63, 3.8) is 0 Å². The van der Waals surface area contributed by atoms with Gasteiger partial charge in [-0.2, -0.15) is 4.72 Å². The first-order valence-electron chi connectivity index (χ1n) is 10.3. The molecular formula is C25H26N2O5S. The minimum absolute atomic E-state index is 0.0468. The van der Waals surface area contributed by atoms with Gasteiger partial charge in [-0.1, -0.05) is 48.5 Å². The van der Waals surface area contributed by atoms with Gasteiger partial charge in [0.25, 0.3) is 0 Å². The number of rotatable bonds is 9. The van der Waals surface area contributed by atoms with Gasteiger partial charge in [0, 0.05) is 11.3 Å². The third kappa shape index (κ3) is 6.27. The quantitative estimate of drug-likeness (QED) is 0.468. The van der Waals surface area contributed by atoms with Crippen molar-refractivity contribution in [1.82, 2.24) is 4.72 Å². The number of ketones is 1. The van der Waals surface area contributed by atoms with Crippen molar-refractivity contribution in [2.45, 2.75) is 31.2 Å². The number of benzene rings is 3. The third-order valence-electron chi connectivity index (χ3n) is 5.04. The average molecular weight is 467 g/mol. The molecule has 0 radical (unpaired) electrons. The van der Waals surface area contributed by atoms with E-state index < -0.39 is 22.0 Å². The fourth-order valence-electron chi connectivity index (χ4n) is 3.33. The van der Waals surface area contributed by atoms with Crippen LogP contribution in [-0.2, 0) is 21.2 Å². The molecule has 7 nitrogen and oxygen atoms in total. The predicted octanol–water partition coefficient (Wildman–Crippen LogP) is 3.73. The Morgan fingerprint density at radius 1 is 0.970 bits per heavy atom. The Balaban J connectivity index is 1.93. The molecule has 0 aliphatic heterocycles. The van der Waals surface area contributed by atoms with Gasteiger partial charge < -0.3 is 10.1 Å². The first kappa shape index (κ1) is 24.2. The van der Waals surface area contributed by atoms with Crippen LogP contribution in [0.2, 0.25) is 0 Å². The topological polar surface area (TPSA) is 102 Å². The molecule has 0 unspecified atom stereocenters. The molecule has 0 saturated carbocycles. The second-order valence-corrected chi connectivity index (χ2v) is 9.33. The number of hydrogen-bond donors (Lipinski definition) is 2. The Labute approximate surface area is 193 Å². The van der Waals surface area contributed by atoms with E-state index in [0.717, 1.165) is 11.1 Å². The molecule has 0 heterocycles. The molecule has 0 aliphatic carbocycles. The van der Waals surface area contributed by atoms with Crippen LogP contribution in [0.3, 0.4) is 0 Å². The molecule has 3 aromatic carbocycles. The number of sulfonamides is 1. The lowest BCUT2D eigenvalue weighted by atomic mass is 10.1. The first-order chi connectivity index (χ1) is 15.7. The van der Waals surface area contributed by atoms with Crippen molar-refractivity contribution >= 4 is 27.4 Å². The number of ether oxygens (including phenoxy) is 1. The molecule has 0 spiro atoms. The van der Waals surface area contributed by atoms with Gasteiger partial charge in [-0.05, 0) is 55.7 Å². The fourth-order valence-corrected chi connectivity index (χ4v) is 4.78. The summed E-state index contributed by atoms with van der Waals surface area (Å²) in [5, 5.41) is 2.72. The van der Waals surface area contributed by atoms with Crippen molar-refractivity contribution < 1.29 is 22.7 Å². The minimum Gasteiger partial charge on any atom is -0.495 e. The van der Waals surface area contributed by atoms with Gasteiger partial charge in [0.1, 0.15) is 16.7 Å². The first-order valence-corrected chi connectivity index (χ1v) is 11.8. The van der Waals surface area contributed by atoms with Gasteiger partial charge in [-0.3, -0.25) is 9.59 Å². The molecular weight excluding hydrogens is 440 g/mol. The normalized spacial score (nSPS) is 12.1. The minimum atomic E-state index is -4.09. The van der Waals surface area contributed by atoms with E-state index in [0.29, 0.717) is 11.3 Å². The average Bonchev–Trinajstić information content (AvgIpc) is 2.79. The van der Waals surface area contributed by atoms with E-state index >= 15 is 0 Å². The summed E-state index contributed by atoms with van der Waals surface area (Å²) in [6, 6.07) is 19.3. The third-order valence-corrected chi connectivity index (χ3v) is 6.53. The highest BCUT2D eigenvalue weighted by Gasteiger charge is 2.28. The molecule has 3 rings (SSSR count). The SMILES string of the molecule is COc1ccc(C)cc1S(=O)(=O)N[C@@H](Cc1ccccc1)C(=O)Nc1cccc(C(C)=O)c1. The monoisotopic (exact) mass is 466 g/mol. The van der Waals surface area contributed by atoms with Crippen LogP contribution in [0.5, 0.6) is 5.75 Å². The maximum Gasteiger partial charge on any atom is 0.245 e. The standard InChI is InChI=1S/C25H26N2O5S/c1-17-12-13-23(32-3)24(14-17)33(30,31)27-22(15-19-8-5-4-6-9-19)25(29)26-21-11-7-10-20(16-21)18(2)28/h4-14,16,22,27H,15H2,1-3H3,(H,26,29)/t22-/m0/s1. The number of amides is 1. The predicted molar refractivity (Wildman–Crippen MR) is 127 cm³/mol. The summed E-state index contributed by atoms with van der Waals surface area (Å²) >= 11 is 0. The van der Waals surface area contributed by atoms with Crippen molar-refractivity contribution in [3.05, 3.63) is 89.5 Å². The lowest BCUT2D eigenvalue weighted by Gasteiger charge is -2.20. The zero-order chi connectivity index (χ0) is 24.0. The van der Waals surface area contributed by atoms with E-state index in [1.165, 1.54) is 20.1 Å². The maximum atomic E-state index is 13.2. The van der Waals surface area contributed by atoms with Crippen molar-refractivity contribution in [3.8, 4) is 5.75 Å². The second kappa shape index (κ2) is 10.4. The van der Waals surface area contributed by atoms with Gasteiger partial charge in [-0.15, -0.1) is 0 Å². The van der Waals surface area contributed by atoms with Gasteiger partial charge in [0.05, 0.1) is 7.11 Å². The van der Waals surface area contributed by atoms with Crippen LogP contribution < -0.4 is 14.8 Å². The summed E-state index contributed by atoms with van der Waals surface area (Å²) in [6.45, 7) is 3.21. The molecule has 0 aliphatic rings. The Bertz CT molecular complexity index is 1260. The zero-order valence-electron chi connectivity index (χ0n) is 18.7. The van der Waals surface area contributed by atoms with E-state index in [-0.39, 0.29) is 22.8 Å². The Morgan fingerprint density at radius 2 is 1.70 bits per heavy atom. The molecule has 0 aromatic heterocycles. The van der Waals surface area contributed by atoms with E-state index in [4.69, 9.17) is 4.74 Å². The number of hydrogen-bond acceptors (Lipinski definition) is 5. The Kier molecular flexibility index (Phi) is 7.63. The smallest absolute Gasteiger partial charge is 0.245 e. The Morgan fingerprint density at radius 3 is 2.36 bits per heavy atom. The van der Waals surface area contributed by atoms with E-state index in [2.05, 4.69) is 10.0 Å². The molecule has 1 amide bonds. The largest absolute Gasteiger partial charge is 0.495 e. The molecule has 0 bridgehead atoms. The number of methoxy groups -OCH3 is 1. The molecule has 2 N–H and O–H groups in total. The zero-order valence-corrected chi connectivity index (χ0v) is 19.5. The highest BCUT2D eigenvalue weighted by molar-refractivity contribution is 7.89. The lowest BCUT2D eigenvalue weighted by Crippen LogP contribution is -2.45. The number of nitrogens with one attached hydrogen (secondary N) is 2. The number of Topliss-reactive ketones (excluding diaryl/α,β-unsaturated/α-hetero) is 1. The van der Waals surface area contributed by atoms with Crippen LogP contribution in [0, 0.1) is 6.92 Å². The molecule has 172 valence electrons. The van der Waals surface area contributed by atoms with Crippen molar-refractivity contribution in [2.24, 2.45) is 0 Å². The Hall–Kier alpha value is -3.49. The van der Waals surface area contributed by atoms with Crippen molar-refractivity contribution in [2.75, 3.05) is 12.4 Å². The number of carbonyl (C=O) groups is 2. The van der Waals surface area contributed by atoms with Crippen LogP contribution in [0.4, 0.5) is 5.69 Å². The van der Waals surface area contributed by atoms with E-state index in [9.17, 15) is 18.0 Å². The van der Waals surface area contributed by atoms with Crippen LogP contribution in [0.1, 0.15) is 28.4 Å². The summed E-state index contributed by atoms with van der Waals surface area (Å²) in [7, 11) is -2.70. The van der Waals surface area contributed by atoms with Crippen LogP contribution in [-0.4, -0.2) is 33.3 Å². The maximum absolute atomic E-state index is 13.2. The molecule has 33 heavy (non-hydrogen) atoms. The summed E-state index contributed by atoms with van der Waals surface area (Å²) in [5.74, 6) is -0.505. The van der Waals surface area contributed by atoms with Gasteiger partial charge >= 0.3 is 0 Å². The lowest BCUT2D eigenvalue weighted by molar-refractivity contribution is -0.117. The molecule has 1 atom stereocenters. The summed E-state index contributed by atoms with van der Waals surface area (Å²) < 4.78 is 34.3. The van der Waals surface area contributed by atoms with Crippen LogP contribution >= 0.6 is 0 Å². The molecule has 8 heteroatoms. The second-order valence-electron chi connectivity index (χ2n) is 7.64. The van der Waals surface area contributed by atoms with Gasteiger partial charge in [0.15, 0.2) is 5.78 Å². The molecule has 0 fully saturated rings. The van der Waals surface area contributed by atoms with Crippen molar-refractivity contribution in [1.29, 1.82) is 0 Å². The summed E-state index contributed by atoms with van der Waals surface area (Å²) in [5.41, 5.74) is 2.37. The summed E-state index contributed by atoms with van der Waals surface area (Å²) in [4.78, 5) is 24.8. The van der Waals surface area contributed by atoms with Gasteiger partial charge in [0.2, 0.25) is 15.9 Å². The van der Waals surface area contributed by atoms with Crippen LogP contribution in [0.25, 0.3) is 0 Å². The van der Waals surface area contributed by atoms with E-state index in [1.54, 1.807) is 43.3 Å². The highest BCUT2D eigenvalue weighted by atomic mass is 32.2. The fraction of sp³-hybridized carbons (Fsp3) is 0.200. The number of anilines is 1. The molecule has 0 saturated heterocycles. The van der Waals surface area contributed by atoms with E-state index in [1.807, 2.05) is 30.3 Å². The highest BCUT2D eigenvalue weighted by Crippen LogP contribution is 2.25. The van der Waals surface area contributed by atoms with Crippen LogP contribution in [0.15, 0.2) is 77.7 Å². The van der Waals surface area contributed by atoms with Gasteiger partial charge in [-0.25, -0.2) is 8.42 Å². The molecule has 3 aromatic rings. The number of aryl methyl sites for hydroxylation is 1. The summed E-state index contributed by atoms with van der Waals surface area (Å²) in [6.07, 6.45) is 0.131. The number of carbonyl (C=O) groups excluding carboxylic acids is 2.